The summed E-state index contributed by atoms with van der Waals surface area (Å²) in [6.07, 6.45) is -0.0678. The molecule has 9 heteroatoms. The molecule has 6 nitrogen and oxygen atoms in total. The predicted octanol–water partition coefficient (Wildman–Crippen LogP) is 3.56. The van der Waals surface area contributed by atoms with Crippen LogP contribution in [0.5, 0.6) is 0 Å². The fourth-order valence-corrected chi connectivity index (χ4v) is 3.65. The molecule has 0 unspecified atom stereocenters. The molecule has 0 bridgehead atoms. The number of amides is 1. The number of aromatic nitrogens is 2. The third-order valence-corrected chi connectivity index (χ3v) is 5.07. The van der Waals surface area contributed by atoms with Crippen molar-refractivity contribution in [3.8, 4) is 0 Å². The Kier molecular flexibility index (Phi) is 6.89. The van der Waals surface area contributed by atoms with E-state index in [4.69, 9.17) is 4.52 Å². The molecule has 2 aromatic rings. The Morgan fingerprint density at radius 1 is 1.34 bits per heavy atom. The van der Waals surface area contributed by atoms with E-state index in [1.54, 1.807) is 6.07 Å². The van der Waals surface area contributed by atoms with E-state index in [9.17, 15) is 18.0 Å². The third kappa shape index (κ3) is 6.28. The summed E-state index contributed by atoms with van der Waals surface area (Å²) in [5.41, 5.74) is -0.202. The molecule has 1 aromatic carbocycles. The van der Waals surface area contributed by atoms with Crippen molar-refractivity contribution < 1.29 is 22.5 Å². The maximum Gasteiger partial charge on any atom is 0.416 e. The molecule has 29 heavy (non-hydrogen) atoms. The number of halogens is 3. The van der Waals surface area contributed by atoms with Crippen LogP contribution in [0, 0.1) is 0 Å². The van der Waals surface area contributed by atoms with Crippen LogP contribution >= 0.6 is 0 Å². The lowest BCUT2D eigenvalue weighted by Gasteiger charge is -2.34. The van der Waals surface area contributed by atoms with E-state index in [2.05, 4.69) is 20.4 Å². The van der Waals surface area contributed by atoms with Crippen LogP contribution in [-0.4, -0.2) is 40.1 Å². The van der Waals surface area contributed by atoms with Gasteiger partial charge >= 0.3 is 6.18 Å². The van der Waals surface area contributed by atoms with Gasteiger partial charge < -0.3 is 9.84 Å². The molecular formula is C20H25F3N4O2. The van der Waals surface area contributed by atoms with Gasteiger partial charge in [0.15, 0.2) is 5.82 Å². The number of alkyl halides is 3. The number of hydrogen-bond acceptors (Lipinski definition) is 5. The number of nitrogens with one attached hydrogen (secondary N) is 1. The van der Waals surface area contributed by atoms with Crippen molar-refractivity contribution in [2.24, 2.45) is 0 Å². The number of piperidine rings is 1. The highest BCUT2D eigenvalue weighted by molar-refractivity contribution is 5.72. The van der Waals surface area contributed by atoms with Crippen molar-refractivity contribution in [1.29, 1.82) is 0 Å². The maximum atomic E-state index is 12.9. The summed E-state index contributed by atoms with van der Waals surface area (Å²) in [4.78, 5) is 17.7. The second kappa shape index (κ2) is 9.39. The van der Waals surface area contributed by atoms with Crippen LogP contribution in [0.1, 0.15) is 55.4 Å². The molecule has 158 valence electrons. The standard InChI is InChI=1S/C20H25F3N4O2/c1-14(28)24-9-8-17-7-2-3-10-27(17)13-19-25-18(26-29-19)12-15-5-4-6-16(11-15)20(21,22)23/h4-6,11,17H,2-3,7-10,12-13H2,1H3,(H,24,28)/t17-/m0/s1. The summed E-state index contributed by atoms with van der Waals surface area (Å²) in [6, 6.07) is 5.48. The quantitative estimate of drug-likeness (QED) is 0.756. The van der Waals surface area contributed by atoms with E-state index < -0.39 is 11.7 Å². The highest BCUT2D eigenvalue weighted by atomic mass is 19.4. The van der Waals surface area contributed by atoms with Gasteiger partial charge in [-0.25, -0.2) is 0 Å². The zero-order valence-corrected chi connectivity index (χ0v) is 16.3. The summed E-state index contributed by atoms with van der Waals surface area (Å²) >= 11 is 0. The van der Waals surface area contributed by atoms with E-state index in [-0.39, 0.29) is 12.3 Å². The molecular weight excluding hydrogens is 385 g/mol. The number of rotatable bonds is 7. The maximum absolute atomic E-state index is 12.9. The Morgan fingerprint density at radius 3 is 2.93 bits per heavy atom. The molecule has 1 fully saturated rings. The molecule has 1 aliphatic rings. The van der Waals surface area contributed by atoms with Crippen LogP contribution in [0.25, 0.3) is 0 Å². The summed E-state index contributed by atoms with van der Waals surface area (Å²) in [7, 11) is 0. The molecule has 0 spiro atoms. The second-order valence-corrected chi connectivity index (χ2v) is 7.37. The first-order valence-electron chi connectivity index (χ1n) is 9.77. The van der Waals surface area contributed by atoms with Crippen LogP contribution in [0.2, 0.25) is 0 Å². The van der Waals surface area contributed by atoms with Crippen molar-refractivity contribution in [2.45, 2.75) is 57.8 Å². The molecule has 0 radical (unpaired) electrons. The Balaban J connectivity index is 1.60. The monoisotopic (exact) mass is 410 g/mol. The minimum Gasteiger partial charge on any atom is -0.356 e. The highest BCUT2D eigenvalue weighted by Gasteiger charge is 2.30. The minimum atomic E-state index is -4.38. The van der Waals surface area contributed by atoms with E-state index in [1.807, 2.05) is 0 Å². The van der Waals surface area contributed by atoms with Gasteiger partial charge in [-0.05, 0) is 37.4 Å². The first-order chi connectivity index (χ1) is 13.8. The Morgan fingerprint density at radius 2 is 2.17 bits per heavy atom. The minimum absolute atomic E-state index is 0.0384. The molecule has 1 aromatic heterocycles. The van der Waals surface area contributed by atoms with E-state index in [1.165, 1.54) is 13.0 Å². The summed E-state index contributed by atoms with van der Waals surface area (Å²) in [5.74, 6) is 0.785. The Hall–Kier alpha value is -2.42. The lowest BCUT2D eigenvalue weighted by molar-refractivity contribution is -0.137. The molecule has 1 aliphatic heterocycles. The molecule has 0 saturated carbocycles. The predicted molar refractivity (Wildman–Crippen MR) is 99.9 cm³/mol. The van der Waals surface area contributed by atoms with Gasteiger partial charge in [0.05, 0.1) is 12.1 Å². The van der Waals surface area contributed by atoms with Crippen molar-refractivity contribution in [1.82, 2.24) is 20.4 Å². The van der Waals surface area contributed by atoms with Crippen LogP contribution < -0.4 is 5.32 Å². The largest absolute Gasteiger partial charge is 0.416 e. The van der Waals surface area contributed by atoms with Gasteiger partial charge in [-0.2, -0.15) is 18.2 Å². The summed E-state index contributed by atoms with van der Waals surface area (Å²) < 4.78 is 43.9. The van der Waals surface area contributed by atoms with Gasteiger partial charge in [0.1, 0.15) is 0 Å². The summed E-state index contributed by atoms with van der Waals surface area (Å²) in [5, 5.41) is 6.75. The van der Waals surface area contributed by atoms with Gasteiger partial charge in [0.25, 0.3) is 0 Å². The van der Waals surface area contributed by atoms with E-state index in [0.717, 1.165) is 44.4 Å². The SMILES string of the molecule is CC(=O)NCC[C@@H]1CCCCN1Cc1nc(Cc2cccc(C(F)(F)F)c2)no1. The fraction of sp³-hybridized carbons (Fsp3) is 0.550. The van der Waals surface area contributed by atoms with Crippen LogP contribution in [0.4, 0.5) is 13.2 Å². The molecule has 2 heterocycles. The van der Waals surface area contributed by atoms with Gasteiger partial charge in [-0.3, -0.25) is 9.69 Å². The normalized spacial score (nSPS) is 18.0. The topological polar surface area (TPSA) is 71.3 Å². The number of benzene rings is 1. The van der Waals surface area contributed by atoms with Crippen LogP contribution in [0.3, 0.4) is 0 Å². The molecule has 1 N–H and O–H groups in total. The lowest BCUT2D eigenvalue weighted by atomic mass is 9.99. The Labute approximate surface area is 167 Å². The molecule has 1 saturated heterocycles. The van der Waals surface area contributed by atoms with Gasteiger partial charge in [0, 0.05) is 25.9 Å². The van der Waals surface area contributed by atoms with Gasteiger partial charge in [-0.15, -0.1) is 0 Å². The summed E-state index contributed by atoms with van der Waals surface area (Å²) in [6.45, 7) is 3.54. The number of likely N-dealkylation sites (tertiary alicyclic amines) is 1. The van der Waals surface area contributed by atoms with E-state index in [0.29, 0.717) is 36.4 Å². The number of nitrogens with zero attached hydrogens (tertiary/aromatic N) is 3. The zero-order chi connectivity index (χ0) is 20.9. The molecule has 3 rings (SSSR count). The van der Waals surface area contributed by atoms with E-state index >= 15 is 0 Å². The second-order valence-electron chi connectivity index (χ2n) is 7.37. The number of carbonyl (C=O) groups is 1. The lowest BCUT2D eigenvalue weighted by Crippen LogP contribution is -2.41. The zero-order valence-electron chi connectivity index (χ0n) is 16.3. The average molecular weight is 410 g/mol. The Bertz CT molecular complexity index is 822. The van der Waals surface area contributed by atoms with Gasteiger partial charge in [0.2, 0.25) is 11.8 Å². The van der Waals surface area contributed by atoms with Crippen molar-refractivity contribution in [2.75, 3.05) is 13.1 Å². The third-order valence-electron chi connectivity index (χ3n) is 5.07. The fourth-order valence-electron chi connectivity index (χ4n) is 3.65. The van der Waals surface area contributed by atoms with Crippen molar-refractivity contribution >= 4 is 5.91 Å². The van der Waals surface area contributed by atoms with Gasteiger partial charge in [-0.1, -0.05) is 29.8 Å². The van der Waals surface area contributed by atoms with Crippen molar-refractivity contribution in [3.63, 3.8) is 0 Å². The molecule has 1 amide bonds. The number of carbonyl (C=O) groups excluding carboxylic acids is 1. The molecule has 1 atom stereocenters. The van der Waals surface area contributed by atoms with Crippen molar-refractivity contribution in [3.05, 3.63) is 47.1 Å². The molecule has 0 aliphatic carbocycles. The average Bonchev–Trinajstić information content (AvgIpc) is 3.09. The number of hydrogen-bond donors (Lipinski definition) is 1. The first-order valence-corrected chi connectivity index (χ1v) is 9.77. The first kappa shape index (κ1) is 21.3. The smallest absolute Gasteiger partial charge is 0.356 e. The van der Waals surface area contributed by atoms with Crippen LogP contribution in [0.15, 0.2) is 28.8 Å². The highest BCUT2D eigenvalue weighted by Crippen LogP contribution is 2.30. The van der Waals surface area contributed by atoms with Crippen LogP contribution in [-0.2, 0) is 23.9 Å².